The van der Waals surface area contributed by atoms with Crippen LogP contribution in [0.4, 0.5) is 0 Å². The molecular weight excluding hydrogens is 174 g/mol. The van der Waals surface area contributed by atoms with Crippen LogP contribution >= 0.6 is 0 Å². The van der Waals surface area contributed by atoms with Crippen molar-refractivity contribution < 1.29 is 0 Å². The smallest absolute Gasteiger partial charge is 0.0937 e. The molecule has 0 amide bonds. The van der Waals surface area contributed by atoms with Gasteiger partial charge >= 0.3 is 0 Å². The lowest BCUT2D eigenvalue weighted by molar-refractivity contribution is 0.235. The molecule has 0 aliphatic carbocycles. The van der Waals surface area contributed by atoms with E-state index in [9.17, 15) is 0 Å². The highest BCUT2D eigenvalue weighted by molar-refractivity contribution is 5.80. The van der Waals surface area contributed by atoms with E-state index < -0.39 is 0 Å². The van der Waals surface area contributed by atoms with Crippen LogP contribution in [-0.2, 0) is 0 Å². The van der Waals surface area contributed by atoms with Gasteiger partial charge in [-0.1, -0.05) is 13.3 Å². The third-order valence-electron chi connectivity index (χ3n) is 2.69. The number of hydrogen-bond acceptors (Lipinski definition) is 2. The minimum absolute atomic E-state index is 0.824. The molecule has 1 heterocycles. The first kappa shape index (κ1) is 11.5. The van der Waals surface area contributed by atoms with Crippen molar-refractivity contribution in [2.24, 2.45) is 10.7 Å². The van der Waals surface area contributed by atoms with Crippen molar-refractivity contribution in [2.45, 2.75) is 39.0 Å². The van der Waals surface area contributed by atoms with Crippen LogP contribution in [-0.4, -0.2) is 36.9 Å². The van der Waals surface area contributed by atoms with Crippen LogP contribution in [0, 0.1) is 0 Å². The predicted molar refractivity (Wildman–Crippen MR) is 61.7 cm³/mol. The van der Waals surface area contributed by atoms with E-state index in [1.165, 1.54) is 32.4 Å². The Bertz CT molecular complexity index is 171. The minimum Gasteiger partial charge on any atom is -0.387 e. The van der Waals surface area contributed by atoms with Crippen molar-refractivity contribution in [3.05, 3.63) is 0 Å². The second kappa shape index (κ2) is 6.82. The van der Waals surface area contributed by atoms with Gasteiger partial charge in [0.2, 0.25) is 0 Å². The van der Waals surface area contributed by atoms with Gasteiger partial charge in [0, 0.05) is 13.0 Å². The number of nitrogens with two attached hydrogens (primary N) is 1. The van der Waals surface area contributed by atoms with Crippen LogP contribution in [0.25, 0.3) is 0 Å². The van der Waals surface area contributed by atoms with Crippen LogP contribution < -0.4 is 5.73 Å². The Kier molecular flexibility index (Phi) is 5.60. The molecule has 0 bridgehead atoms. The molecule has 1 rings (SSSR count). The zero-order chi connectivity index (χ0) is 10.2. The highest BCUT2D eigenvalue weighted by Crippen LogP contribution is 2.07. The summed E-state index contributed by atoms with van der Waals surface area (Å²) in [5, 5.41) is 0. The zero-order valence-corrected chi connectivity index (χ0v) is 9.34. The standard InChI is InChI=1S/C11H23N3/c1-2-6-11(12)13-7-10-14-8-4-3-5-9-14/h2-10H2,1H3,(H2,12,13). The average molecular weight is 197 g/mol. The Morgan fingerprint density at radius 3 is 2.64 bits per heavy atom. The molecule has 1 aliphatic heterocycles. The number of nitrogens with zero attached hydrogens (tertiary/aromatic N) is 2. The Morgan fingerprint density at radius 2 is 2.00 bits per heavy atom. The molecule has 3 heteroatoms. The van der Waals surface area contributed by atoms with Gasteiger partial charge in [0.05, 0.1) is 12.4 Å². The maximum Gasteiger partial charge on any atom is 0.0937 e. The summed E-state index contributed by atoms with van der Waals surface area (Å²) in [7, 11) is 0. The first-order chi connectivity index (χ1) is 6.83. The maximum atomic E-state index is 5.73. The summed E-state index contributed by atoms with van der Waals surface area (Å²) in [5.41, 5.74) is 5.73. The Hall–Kier alpha value is -0.570. The van der Waals surface area contributed by atoms with Gasteiger partial charge in [-0.05, 0) is 32.4 Å². The summed E-state index contributed by atoms with van der Waals surface area (Å²) in [6.07, 6.45) is 6.15. The van der Waals surface area contributed by atoms with Crippen molar-refractivity contribution in [1.82, 2.24) is 4.90 Å². The van der Waals surface area contributed by atoms with Gasteiger partial charge in [0.15, 0.2) is 0 Å². The third kappa shape index (κ3) is 4.61. The molecule has 1 saturated heterocycles. The van der Waals surface area contributed by atoms with Crippen LogP contribution in [0.2, 0.25) is 0 Å². The minimum atomic E-state index is 0.824. The maximum absolute atomic E-state index is 5.73. The second-order valence-corrected chi connectivity index (χ2v) is 4.03. The first-order valence-electron chi connectivity index (χ1n) is 5.84. The lowest BCUT2D eigenvalue weighted by atomic mass is 10.1. The largest absolute Gasteiger partial charge is 0.387 e. The molecule has 1 aliphatic rings. The first-order valence-corrected chi connectivity index (χ1v) is 5.84. The number of amidine groups is 1. The van der Waals surface area contributed by atoms with Gasteiger partial charge < -0.3 is 10.6 Å². The van der Waals surface area contributed by atoms with E-state index in [1.54, 1.807) is 0 Å². The Labute approximate surface area is 87.4 Å². The number of aliphatic imine (C=N–C) groups is 1. The summed E-state index contributed by atoms with van der Waals surface area (Å²) < 4.78 is 0. The molecule has 1 fully saturated rings. The topological polar surface area (TPSA) is 41.6 Å². The lowest BCUT2D eigenvalue weighted by Crippen LogP contribution is -2.32. The number of likely N-dealkylation sites (tertiary alicyclic amines) is 1. The fourth-order valence-electron chi connectivity index (χ4n) is 1.85. The van der Waals surface area contributed by atoms with Crippen LogP contribution in [0.5, 0.6) is 0 Å². The summed E-state index contributed by atoms with van der Waals surface area (Å²) in [5.74, 6) is 0.824. The molecule has 0 unspecified atom stereocenters. The molecule has 0 atom stereocenters. The normalized spacial score (nSPS) is 19.9. The van der Waals surface area contributed by atoms with Crippen molar-refractivity contribution >= 4 is 5.84 Å². The van der Waals surface area contributed by atoms with Gasteiger partial charge in [0.1, 0.15) is 0 Å². The average Bonchev–Trinajstić information content (AvgIpc) is 2.20. The number of hydrogen-bond donors (Lipinski definition) is 1. The summed E-state index contributed by atoms with van der Waals surface area (Å²) in [6, 6.07) is 0. The molecule has 0 aromatic heterocycles. The van der Waals surface area contributed by atoms with Crippen molar-refractivity contribution in [1.29, 1.82) is 0 Å². The van der Waals surface area contributed by atoms with E-state index in [0.717, 1.165) is 31.8 Å². The van der Waals surface area contributed by atoms with Gasteiger partial charge in [-0.25, -0.2) is 0 Å². The molecule has 14 heavy (non-hydrogen) atoms. The molecule has 82 valence electrons. The van der Waals surface area contributed by atoms with Crippen molar-refractivity contribution in [3.8, 4) is 0 Å². The zero-order valence-electron chi connectivity index (χ0n) is 9.34. The summed E-state index contributed by atoms with van der Waals surface area (Å²) >= 11 is 0. The second-order valence-electron chi connectivity index (χ2n) is 4.03. The highest BCUT2D eigenvalue weighted by Gasteiger charge is 2.08. The summed E-state index contributed by atoms with van der Waals surface area (Å²) in [4.78, 5) is 6.85. The van der Waals surface area contributed by atoms with Crippen molar-refractivity contribution in [2.75, 3.05) is 26.2 Å². The Morgan fingerprint density at radius 1 is 1.29 bits per heavy atom. The van der Waals surface area contributed by atoms with Gasteiger partial charge in [-0.15, -0.1) is 0 Å². The molecule has 0 saturated carbocycles. The van der Waals surface area contributed by atoms with E-state index in [-0.39, 0.29) is 0 Å². The van der Waals surface area contributed by atoms with Crippen LogP contribution in [0.1, 0.15) is 39.0 Å². The SMILES string of the molecule is CCCC(N)=NCCN1CCCCC1. The predicted octanol–water partition coefficient (Wildman–Crippen LogP) is 1.63. The monoisotopic (exact) mass is 197 g/mol. The molecule has 2 N–H and O–H groups in total. The Balaban J connectivity index is 2.09. The van der Waals surface area contributed by atoms with E-state index in [1.807, 2.05) is 0 Å². The molecule has 0 radical (unpaired) electrons. The van der Waals surface area contributed by atoms with E-state index in [2.05, 4.69) is 16.8 Å². The van der Waals surface area contributed by atoms with Gasteiger partial charge in [-0.2, -0.15) is 0 Å². The quantitative estimate of drug-likeness (QED) is 0.537. The fourth-order valence-corrected chi connectivity index (χ4v) is 1.85. The fraction of sp³-hybridized carbons (Fsp3) is 0.909. The number of piperidine rings is 1. The molecular formula is C11H23N3. The highest BCUT2D eigenvalue weighted by atomic mass is 15.1. The van der Waals surface area contributed by atoms with Gasteiger partial charge in [-0.3, -0.25) is 4.99 Å². The number of rotatable bonds is 5. The molecule has 0 aromatic rings. The third-order valence-corrected chi connectivity index (χ3v) is 2.69. The molecule has 3 nitrogen and oxygen atoms in total. The molecule has 0 spiro atoms. The summed E-state index contributed by atoms with van der Waals surface area (Å²) in [6.45, 7) is 6.61. The molecule has 0 aromatic carbocycles. The van der Waals surface area contributed by atoms with Crippen LogP contribution in [0.3, 0.4) is 0 Å². The van der Waals surface area contributed by atoms with Crippen molar-refractivity contribution in [3.63, 3.8) is 0 Å². The van der Waals surface area contributed by atoms with E-state index >= 15 is 0 Å². The van der Waals surface area contributed by atoms with E-state index in [0.29, 0.717) is 0 Å². The van der Waals surface area contributed by atoms with Gasteiger partial charge in [0.25, 0.3) is 0 Å². The van der Waals surface area contributed by atoms with E-state index in [4.69, 9.17) is 5.73 Å². The lowest BCUT2D eigenvalue weighted by Gasteiger charge is -2.25. The van der Waals surface area contributed by atoms with Crippen LogP contribution in [0.15, 0.2) is 4.99 Å².